The van der Waals surface area contributed by atoms with Crippen LogP contribution in [0.1, 0.15) is 272 Å². The summed E-state index contributed by atoms with van der Waals surface area (Å²) < 4.78 is 23.9. The van der Waals surface area contributed by atoms with Crippen LogP contribution in [0.2, 0.25) is 0 Å². The molecule has 2 atom stereocenters. The molecule has 0 aromatic carbocycles. The predicted molar refractivity (Wildman–Crippen MR) is 273 cm³/mol. The highest BCUT2D eigenvalue weighted by Crippen LogP contribution is 2.48. The van der Waals surface area contributed by atoms with Gasteiger partial charge in [-0.1, -0.05) is 156 Å². The molecule has 1 spiro atoms. The normalized spacial score (nSPS) is 17.1. The topological polar surface area (TPSA) is 129 Å². The SMILES string of the molecule is CCCCCCCC(CCCCCCC)C(=O)OCCCCCC(=O)O[C@@H]1CC2(CCN(CCCCO)CC2)C[C@H]1OC(=O)CCCCCOC(=O)C(CCCCCCC)CCCCCCC. The summed E-state index contributed by atoms with van der Waals surface area (Å²) in [6.07, 6.45) is 36.7. The Hall–Kier alpha value is -2.20. The second kappa shape index (κ2) is 40.5. The molecule has 67 heavy (non-hydrogen) atoms. The largest absolute Gasteiger partial charge is 0.465 e. The van der Waals surface area contributed by atoms with Crippen LogP contribution in [0.3, 0.4) is 0 Å². The first-order valence-corrected chi connectivity index (χ1v) is 28.8. The van der Waals surface area contributed by atoms with E-state index in [2.05, 4.69) is 32.6 Å². The molecule has 2 rings (SSSR count). The van der Waals surface area contributed by atoms with Gasteiger partial charge in [0.05, 0.1) is 25.0 Å². The number of aliphatic hydroxyl groups excluding tert-OH is 1. The number of carbonyl (C=O) groups excluding carboxylic acids is 4. The van der Waals surface area contributed by atoms with E-state index in [0.717, 1.165) is 122 Å². The van der Waals surface area contributed by atoms with Crippen molar-refractivity contribution < 1.29 is 43.2 Å². The molecule has 0 aromatic heterocycles. The van der Waals surface area contributed by atoms with Gasteiger partial charge in [-0.3, -0.25) is 19.2 Å². The van der Waals surface area contributed by atoms with E-state index in [9.17, 15) is 24.3 Å². The minimum atomic E-state index is -0.454. The number of nitrogens with zero attached hydrogens (tertiary/aromatic N) is 1. The smallest absolute Gasteiger partial charge is 0.308 e. The average molecular weight is 948 g/mol. The van der Waals surface area contributed by atoms with Gasteiger partial charge in [0.25, 0.3) is 0 Å². The predicted octanol–water partition coefficient (Wildman–Crippen LogP) is 14.3. The molecule has 0 bridgehead atoms. The van der Waals surface area contributed by atoms with Crippen molar-refractivity contribution in [2.24, 2.45) is 17.3 Å². The summed E-state index contributed by atoms with van der Waals surface area (Å²) in [6.45, 7) is 12.8. The first kappa shape index (κ1) is 60.9. The van der Waals surface area contributed by atoms with Gasteiger partial charge in [-0.15, -0.1) is 0 Å². The first-order chi connectivity index (χ1) is 32.7. The van der Waals surface area contributed by atoms with E-state index in [1.54, 1.807) is 0 Å². The summed E-state index contributed by atoms with van der Waals surface area (Å²) in [5, 5.41) is 9.26. The third kappa shape index (κ3) is 29.6. The minimum absolute atomic E-state index is 0.00719. The van der Waals surface area contributed by atoms with E-state index in [4.69, 9.17) is 18.9 Å². The van der Waals surface area contributed by atoms with Crippen LogP contribution in [0.25, 0.3) is 0 Å². The van der Waals surface area contributed by atoms with Crippen LogP contribution in [0.4, 0.5) is 0 Å². The minimum Gasteiger partial charge on any atom is -0.465 e. The van der Waals surface area contributed by atoms with Gasteiger partial charge in [-0.25, -0.2) is 0 Å². The summed E-state index contributed by atoms with van der Waals surface area (Å²) in [5.74, 6) is -0.614. The monoisotopic (exact) mass is 948 g/mol. The van der Waals surface area contributed by atoms with E-state index in [1.807, 2.05) is 0 Å². The van der Waals surface area contributed by atoms with Crippen LogP contribution in [0, 0.1) is 17.3 Å². The summed E-state index contributed by atoms with van der Waals surface area (Å²) in [6, 6.07) is 0. The Bertz CT molecular complexity index is 1130. The summed E-state index contributed by atoms with van der Waals surface area (Å²) in [4.78, 5) is 55.3. The zero-order chi connectivity index (χ0) is 48.6. The third-order valence-electron chi connectivity index (χ3n) is 14.9. The summed E-state index contributed by atoms with van der Waals surface area (Å²) in [5.41, 5.74) is -0.0249. The van der Waals surface area contributed by atoms with Crippen LogP contribution in [0.5, 0.6) is 0 Å². The van der Waals surface area contributed by atoms with E-state index >= 15 is 0 Å². The Labute approximate surface area is 411 Å². The Morgan fingerprint density at radius 1 is 0.478 bits per heavy atom. The summed E-state index contributed by atoms with van der Waals surface area (Å²) in [7, 11) is 0. The van der Waals surface area contributed by atoms with Crippen LogP contribution in [0.15, 0.2) is 0 Å². The number of rotatable bonds is 44. The number of unbranched alkanes of at least 4 members (excludes halogenated alkanes) is 21. The van der Waals surface area contributed by atoms with Crippen molar-refractivity contribution in [1.29, 1.82) is 0 Å². The molecule has 0 unspecified atom stereocenters. The number of esters is 4. The van der Waals surface area contributed by atoms with Gasteiger partial charge >= 0.3 is 23.9 Å². The van der Waals surface area contributed by atoms with Crippen molar-refractivity contribution in [3.05, 3.63) is 0 Å². The molecule has 0 amide bonds. The molecule has 1 aliphatic heterocycles. The molecule has 1 saturated heterocycles. The van der Waals surface area contributed by atoms with Gasteiger partial charge in [0.15, 0.2) is 0 Å². The first-order valence-electron chi connectivity index (χ1n) is 28.8. The average Bonchev–Trinajstić information content (AvgIpc) is 3.64. The molecular weight excluding hydrogens is 843 g/mol. The highest BCUT2D eigenvalue weighted by atomic mass is 16.6. The van der Waals surface area contributed by atoms with Crippen molar-refractivity contribution in [2.45, 2.75) is 284 Å². The molecule has 10 nitrogen and oxygen atoms in total. The van der Waals surface area contributed by atoms with Gasteiger partial charge in [0.1, 0.15) is 12.2 Å². The Morgan fingerprint density at radius 3 is 1.19 bits per heavy atom. The number of hydrogen-bond donors (Lipinski definition) is 1. The van der Waals surface area contributed by atoms with Crippen molar-refractivity contribution in [2.75, 3.05) is 39.5 Å². The maximum absolute atomic E-state index is 13.3. The van der Waals surface area contributed by atoms with Crippen LogP contribution >= 0.6 is 0 Å². The number of hydrogen-bond acceptors (Lipinski definition) is 10. The third-order valence-corrected chi connectivity index (χ3v) is 14.9. The molecular formula is C57H105NO9. The van der Waals surface area contributed by atoms with Crippen molar-refractivity contribution in [1.82, 2.24) is 4.90 Å². The molecule has 392 valence electrons. The van der Waals surface area contributed by atoms with Gasteiger partial charge in [0, 0.05) is 19.4 Å². The fourth-order valence-corrected chi connectivity index (χ4v) is 10.4. The lowest BCUT2D eigenvalue weighted by molar-refractivity contribution is -0.165. The molecule has 2 aliphatic rings. The molecule has 0 radical (unpaired) electrons. The van der Waals surface area contributed by atoms with Crippen LogP contribution in [-0.4, -0.2) is 85.5 Å². The van der Waals surface area contributed by atoms with Crippen LogP contribution in [-0.2, 0) is 38.1 Å². The zero-order valence-corrected chi connectivity index (χ0v) is 44.1. The van der Waals surface area contributed by atoms with Gasteiger partial charge < -0.3 is 29.0 Å². The van der Waals surface area contributed by atoms with Crippen molar-refractivity contribution in [3.63, 3.8) is 0 Å². The fraction of sp³-hybridized carbons (Fsp3) is 0.930. The zero-order valence-electron chi connectivity index (χ0n) is 44.1. The Balaban J connectivity index is 1.82. The quantitative estimate of drug-likeness (QED) is 0.0358. The number of aliphatic hydroxyl groups is 1. The number of likely N-dealkylation sites (tertiary alicyclic amines) is 1. The van der Waals surface area contributed by atoms with Gasteiger partial charge in [0.2, 0.25) is 0 Å². The fourth-order valence-electron chi connectivity index (χ4n) is 10.4. The Kier molecular flexibility index (Phi) is 36.8. The van der Waals surface area contributed by atoms with E-state index in [-0.39, 0.29) is 60.6 Å². The van der Waals surface area contributed by atoms with Gasteiger partial charge in [-0.05, 0) is 128 Å². The maximum atomic E-state index is 13.3. The van der Waals surface area contributed by atoms with Crippen molar-refractivity contribution in [3.8, 4) is 0 Å². The number of ether oxygens (including phenoxy) is 4. The van der Waals surface area contributed by atoms with Crippen molar-refractivity contribution >= 4 is 23.9 Å². The summed E-state index contributed by atoms with van der Waals surface area (Å²) >= 11 is 0. The van der Waals surface area contributed by atoms with E-state index < -0.39 is 12.2 Å². The second-order valence-electron chi connectivity index (χ2n) is 20.9. The lowest BCUT2D eigenvalue weighted by Gasteiger charge is -2.39. The highest BCUT2D eigenvalue weighted by molar-refractivity contribution is 5.73. The molecule has 1 saturated carbocycles. The molecule has 1 heterocycles. The van der Waals surface area contributed by atoms with Gasteiger partial charge in [-0.2, -0.15) is 0 Å². The highest BCUT2D eigenvalue weighted by Gasteiger charge is 2.50. The molecule has 10 heteroatoms. The molecule has 1 aliphatic carbocycles. The van der Waals surface area contributed by atoms with E-state index in [1.165, 1.54) is 103 Å². The standard InChI is InChI=1S/C57H105NO9/c1-5-9-13-17-23-33-49(34-24-18-14-10-6-2)55(62)64-45-31-21-27-37-53(60)66-51-47-57(39-42-58(43-40-57)41-29-30-44-59)48-52(51)67-54(61)38-28-22-32-46-65-56(63)50(35-25-19-15-11-7-3)36-26-20-16-12-8-4/h49-52,59H,5-48H2,1-4H3/t51-,52-/m1/s1. The second-order valence-corrected chi connectivity index (χ2v) is 20.9. The number of carbonyl (C=O) groups is 4. The number of piperidine rings is 1. The maximum Gasteiger partial charge on any atom is 0.308 e. The lowest BCUT2D eigenvalue weighted by Crippen LogP contribution is -2.39. The van der Waals surface area contributed by atoms with Crippen LogP contribution < -0.4 is 0 Å². The Morgan fingerprint density at radius 2 is 0.836 bits per heavy atom. The molecule has 0 aromatic rings. The molecule has 2 fully saturated rings. The van der Waals surface area contributed by atoms with E-state index in [0.29, 0.717) is 38.9 Å². The molecule has 1 N–H and O–H groups in total. The lowest BCUT2D eigenvalue weighted by atomic mass is 9.77.